The second-order valence-electron chi connectivity index (χ2n) is 4.48. The number of carboxylic acid groups (broad SMARTS) is 1. The lowest BCUT2D eigenvalue weighted by molar-refractivity contribution is -0.148. The number of aliphatic carboxylic acids is 1. The molecule has 2 N–H and O–H groups in total. The molecule has 1 amide bonds. The molecule has 0 saturated heterocycles. The summed E-state index contributed by atoms with van der Waals surface area (Å²) in [6, 6.07) is 0. The molecule has 0 aromatic carbocycles. The van der Waals surface area contributed by atoms with Crippen LogP contribution in [0.5, 0.6) is 0 Å². The van der Waals surface area contributed by atoms with Crippen LogP contribution in [-0.4, -0.2) is 32.1 Å². The molecule has 0 spiro atoms. The Morgan fingerprint density at radius 2 is 2.18 bits per heavy atom. The maximum Gasteiger partial charge on any atom is 0.329 e. The number of amides is 1. The maximum absolute atomic E-state index is 12.0. The molecular weight excluding hydrogens is 222 g/mol. The molecule has 1 aromatic rings. The Morgan fingerprint density at radius 3 is 2.53 bits per heavy atom. The fourth-order valence-corrected chi connectivity index (χ4v) is 2.07. The Labute approximate surface area is 98.7 Å². The van der Waals surface area contributed by atoms with Crippen LogP contribution < -0.4 is 5.32 Å². The molecule has 1 heterocycles. The number of rotatable bonds is 3. The Kier molecular flexibility index (Phi) is 2.65. The van der Waals surface area contributed by atoms with Gasteiger partial charge in [0.25, 0.3) is 5.91 Å². The number of imidazole rings is 1. The lowest BCUT2D eigenvalue weighted by atomic mass is 9.76. The van der Waals surface area contributed by atoms with Crippen LogP contribution in [0.3, 0.4) is 0 Å². The summed E-state index contributed by atoms with van der Waals surface area (Å²) in [5.74, 6) is -1.33. The average molecular weight is 237 g/mol. The third kappa shape index (κ3) is 1.79. The summed E-state index contributed by atoms with van der Waals surface area (Å²) in [6.07, 6.45) is 3.35. The third-order valence-electron chi connectivity index (χ3n) is 3.30. The van der Waals surface area contributed by atoms with Crippen molar-refractivity contribution in [3.8, 4) is 0 Å². The molecule has 17 heavy (non-hydrogen) atoms. The Hall–Kier alpha value is -1.85. The summed E-state index contributed by atoms with van der Waals surface area (Å²) < 4.78 is 1.60. The van der Waals surface area contributed by atoms with E-state index in [0.29, 0.717) is 24.2 Å². The zero-order chi connectivity index (χ0) is 12.6. The lowest BCUT2D eigenvalue weighted by Crippen LogP contribution is -2.59. The summed E-state index contributed by atoms with van der Waals surface area (Å²) in [5, 5.41) is 11.7. The Balaban J connectivity index is 2.20. The van der Waals surface area contributed by atoms with Crippen molar-refractivity contribution in [2.75, 3.05) is 0 Å². The minimum absolute atomic E-state index is 0.371. The summed E-state index contributed by atoms with van der Waals surface area (Å²) >= 11 is 0. The monoisotopic (exact) mass is 237 g/mol. The van der Waals surface area contributed by atoms with Crippen LogP contribution in [0.25, 0.3) is 0 Å². The zero-order valence-corrected chi connectivity index (χ0v) is 9.86. The number of nitrogens with zero attached hydrogens (tertiary/aromatic N) is 2. The van der Waals surface area contributed by atoms with E-state index in [4.69, 9.17) is 5.11 Å². The van der Waals surface area contributed by atoms with Crippen molar-refractivity contribution in [1.82, 2.24) is 14.9 Å². The SMILES string of the molecule is Cc1ncn(C)c1C(=O)NC1(C(=O)O)CCC1. The number of carbonyl (C=O) groups is 2. The molecule has 6 heteroatoms. The highest BCUT2D eigenvalue weighted by Crippen LogP contribution is 2.32. The molecule has 0 atom stereocenters. The molecule has 6 nitrogen and oxygen atoms in total. The van der Waals surface area contributed by atoms with Crippen LogP contribution >= 0.6 is 0 Å². The van der Waals surface area contributed by atoms with Crippen molar-refractivity contribution in [1.29, 1.82) is 0 Å². The van der Waals surface area contributed by atoms with Gasteiger partial charge >= 0.3 is 5.97 Å². The highest BCUT2D eigenvalue weighted by atomic mass is 16.4. The van der Waals surface area contributed by atoms with Gasteiger partial charge in [-0.05, 0) is 26.2 Å². The maximum atomic E-state index is 12.0. The Morgan fingerprint density at radius 1 is 1.53 bits per heavy atom. The van der Waals surface area contributed by atoms with Crippen LogP contribution in [0.15, 0.2) is 6.33 Å². The van der Waals surface area contributed by atoms with Crippen molar-refractivity contribution in [2.45, 2.75) is 31.7 Å². The molecule has 0 aliphatic heterocycles. The topological polar surface area (TPSA) is 84.2 Å². The number of hydrogen-bond donors (Lipinski definition) is 2. The number of aromatic nitrogens is 2. The molecule has 1 aromatic heterocycles. The summed E-state index contributed by atoms with van der Waals surface area (Å²) in [5.41, 5.74) is -0.0595. The Bertz CT molecular complexity index is 455. The lowest BCUT2D eigenvalue weighted by Gasteiger charge is -2.38. The first-order valence-electron chi connectivity index (χ1n) is 5.50. The van der Waals surface area contributed by atoms with Gasteiger partial charge in [-0.3, -0.25) is 4.79 Å². The van der Waals surface area contributed by atoms with Gasteiger partial charge < -0.3 is 15.0 Å². The predicted octanol–water partition coefficient (Wildman–Crippen LogP) is 0.466. The van der Waals surface area contributed by atoms with Crippen LogP contribution in [0.4, 0.5) is 0 Å². The minimum Gasteiger partial charge on any atom is -0.480 e. The van der Waals surface area contributed by atoms with E-state index in [1.807, 2.05) is 0 Å². The number of hydrogen-bond acceptors (Lipinski definition) is 3. The largest absolute Gasteiger partial charge is 0.480 e. The van der Waals surface area contributed by atoms with Crippen LogP contribution in [0.2, 0.25) is 0 Å². The number of aryl methyl sites for hydroxylation is 2. The molecule has 1 aliphatic carbocycles. The first-order chi connectivity index (χ1) is 7.96. The van der Waals surface area contributed by atoms with Gasteiger partial charge in [-0.25, -0.2) is 9.78 Å². The van der Waals surface area contributed by atoms with Crippen molar-refractivity contribution >= 4 is 11.9 Å². The normalized spacial score (nSPS) is 17.3. The second kappa shape index (κ2) is 3.87. The number of carbonyl (C=O) groups excluding carboxylic acids is 1. The average Bonchev–Trinajstić information content (AvgIpc) is 2.51. The van der Waals surface area contributed by atoms with Gasteiger partial charge in [0.15, 0.2) is 0 Å². The van der Waals surface area contributed by atoms with Gasteiger partial charge in [0.2, 0.25) is 0 Å². The quantitative estimate of drug-likeness (QED) is 0.800. The molecule has 1 aliphatic rings. The van der Waals surface area contributed by atoms with Crippen LogP contribution in [-0.2, 0) is 11.8 Å². The highest BCUT2D eigenvalue weighted by molar-refractivity contribution is 5.97. The minimum atomic E-state index is -1.08. The van der Waals surface area contributed by atoms with Crippen molar-refractivity contribution in [3.05, 3.63) is 17.7 Å². The van der Waals surface area contributed by atoms with Gasteiger partial charge in [-0.15, -0.1) is 0 Å². The molecular formula is C11H15N3O3. The highest BCUT2D eigenvalue weighted by Gasteiger charge is 2.46. The van der Waals surface area contributed by atoms with Crippen molar-refractivity contribution in [2.24, 2.45) is 7.05 Å². The summed E-state index contributed by atoms with van der Waals surface area (Å²) in [6.45, 7) is 1.73. The predicted molar refractivity (Wildman–Crippen MR) is 59.6 cm³/mol. The molecule has 0 unspecified atom stereocenters. The second-order valence-corrected chi connectivity index (χ2v) is 4.48. The summed E-state index contributed by atoms with van der Waals surface area (Å²) in [7, 11) is 1.71. The zero-order valence-electron chi connectivity index (χ0n) is 9.86. The first-order valence-corrected chi connectivity index (χ1v) is 5.50. The molecule has 1 fully saturated rings. The van der Waals surface area contributed by atoms with E-state index in [2.05, 4.69) is 10.3 Å². The van der Waals surface area contributed by atoms with E-state index in [1.165, 1.54) is 0 Å². The molecule has 1 saturated carbocycles. The van der Waals surface area contributed by atoms with E-state index in [1.54, 1.807) is 24.9 Å². The molecule has 92 valence electrons. The van der Waals surface area contributed by atoms with Gasteiger partial charge in [-0.2, -0.15) is 0 Å². The van der Waals surface area contributed by atoms with E-state index in [9.17, 15) is 9.59 Å². The molecule has 0 bridgehead atoms. The first kappa shape index (κ1) is 11.6. The summed E-state index contributed by atoms with van der Waals surface area (Å²) in [4.78, 5) is 27.2. The number of carboxylic acids is 1. The molecule has 2 rings (SSSR count). The van der Waals surface area contributed by atoms with Crippen molar-refractivity contribution < 1.29 is 14.7 Å². The fraction of sp³-hybridized carbons (Fsp3) is 0.545. The van der Waals surface area contributed by atoms with E-state index in [0.717, 1.165) is 6.42 Å². The van der Waals surface area contributed by atoms with Gasteiger partial charge in [0, 0.05) is 7.05 Å². The van der Waals surface area contributed by atoms with E-state index < -0.39 is 11.5 Å². The standard InChI is InChI=1S/C11H15N3O3/c1-7-8(14(2)6-12-7)9(15)13-11(10(16)17)4-3-5-11/h6H,3-5H2,1-2H3,(H,13,15)(H,16,17). The smallest absolute Gasteiger partial charge is 0.329 e. The van der Waals surface area contributed by atoms with Gasteiger partial charge in [-0.1, -0.05) is 0 Å². The van der Waals surface area contributed by atoms with Gasteiger partial charge in [0.1, 0.15) is 11.2 Å². The van der Waals surface area contributed by atoms with E-state index >= 15 is 0 Å². The molecule has 0 radical (unpaired) electrons. The van der Waals surface area contributed by atoms with E-state index in [-0.39, 0.29) is 5.91 Å². The third-order valence-corrected chi connectivity index (χ3v) is 3.30. The van der Waals surface area contributed by atoms with Crippen LogP contribution in [0, 0.1) is 6.92 Å². The van der Waals surface area contributed by atoms with Gasteiger partial charge in [0.05, 0.1) is 12.0 Å². The van der Waals surface area contributed by atoms with Crippen LogP contribution in [0.1, 0.15) is 35.4 Å². The fourth-order valence-electron chi connectivity index (χ4n) is 2.07. The van der Waals surface area contributed by atoms with Crippen molar-refractivity contribution in [3.63, 3.8) is 0 Å². The number of nitrogens with one attached hydrogen (secondary N) is 1.